The molecule has 6 nitrogen and oxygen atoms in total. The maximum atomic E-state index is 13.0. The summed E-state index contributed by atoms with van der Waals surface area (Å²) in [4.78, 5) is 5.93. The van der Waals surface area contributed by atoms with E-state index in [9.17, 15) is 21.6 Å². The molecule has 28 heavy (non-hydrogen) atoms. The fourth-order valence-corrected chi connectivity index (χ4v) is 4.48. The Morgan fingerprint density at radius 1 is 1.04 bits per heavy atom. The third-order valence-electron chi connectivity index (χ3n) is 4.54. The van der Waals surface area contributed by atoms with Gasteiger partial charge < -0.3 is 14.6 Å². The van der Waals surface area contributed by atoms with E-state index in [1.165, 1.54) is 12.1 Å². The van der Waals surface area contributed by atoms with Crippen molar-refractivity contribution in [3.63, 3.8) is 0 Å². The molecule has 1 aliphatic heterocycles. The Morgan fingerprint density at radius 3 is 2.36 bits per heavy atom. The topological polar surface area (TPSA) is 75.4 Å². The van der Waals surface area contributed by atoms with Crippen molar-refractivity contribution >= 4 is 27.0 Å². The lowest BCUT2D eigenvalue weighted by atomic mass is 10.2. The molecule has 3 aromatic rings. The van der Waals surface area contributed by atoms with Gasteiger partial charge in [-0.25, -0.2) is 8.42 Å². The van der Waals surface area contributed by atoms with E-state index in [1.807, 2.05) is 4.90 Å². The van der Waals surface area contributed by atoms with Gasteiger partial charge in [-0.1, -0.05) is 6.07 Å². The van der Waals surface area contributed by atoms with Crippen LogP contribution in [0, 0.1) is 0 Å². The third-order valence-corrected chi connectivity index (χ3v) is 6.34. The molecular weight excluding hydrogens is 395 g/mol. The van der Waals surface area contributed by atoms with E-state index in [1.54, 1.807) is 6.07 Å². The van der Waals surface area contributed by atoms with Crippen LogP contribution in [0.4, 0.5) is 19.2 Å². The standard InChI is InChI=1S/C18H16F3N3O3S/c19-18(20,21)12-4-6-13(7-5-12)28(25,26)15-3-1-2-14-16(15)23-17(27-14)24-10-8-22-9-11-24/h1-7,22H,8-11H2. The van der Waals surface area contributed by atoms with Gasteiger partial charge in [0, 0.05) is 26.2 Å². The van der Waals surface area contributed by atoms with Gasteiger partial charge in [0.15, 0.2) is 5.58 Å². The summed E-state index contributed by atoms with van der Waals surface area (Å²) in [6.45, 7) is 2.87. The zero-order chi connectivity index (χ0) is 19.9. The van der Waals surface area contributed by atoms with E-state index in [-0.39, 0.29) is 15.3 Å². The Labute approximate surface area is 158 Å². The number of nitrogens with one attached hydrogen (secondary N) is 1. The van der Waals surface area contributed by atoms with Gasteiger partial charge in [-0.2, -0.15) is 18.2 Å². The third kappa shape index (κ3) is 3.33. The summed E-state index contributed by atoms with van der Waals surface area (Å²) in [5.74, 6) is 0. The molecule has 0 saturated carbocycles. The summed E-state index contributed by atoms with van der Waals surface area (Å²) in [6, 6.07) is 8.24. The second-order valence-corrected chi connectivity index (χ2v) is 8.28. The lowest BCUT2D eigenvalue weighted by Gasteiger charge is -2.25. The number of rotatable bonds is 3. The molecule has 0 amide bonds. The summed E-state index contributed by atoms with van der Waals surface area (Å²) in [5, 5.41) is 3.20. The smallest absolute Gasteiger partial charge is 0.416 e. The number of oxazole rings is 1. The number of hydrogen-bond donors (Lipinski definition) is 1. The average molecular weight is 411 g/mol. The average Bonchev–Trinajstić information content (AvgIpc) is 3.12. The van der Waals surface area contributed by atoms with Gasteiger partial charge in [0.2, 0.25) is 9.84 Å². The van der Waals surface area contributed by atoms with Crippen molar-refractivity contribution in [2.75, 3.05) is 31.1 Å². The number of sulfone groups is 1. The van der Waals surface area contributed by atoms with E-state index in [2.05, 4.69) is 10.3 Å². The number of aromatic nitrogens is 1. The van der Waals surface area contributed by atoms with Gasteiger partial charge in [0.1, 0.15) is 10.4 Å². The van der Waals surface area contributed by atoms with E-state index < -0.39 is 21.6 Å². The SMILES string of the molecule is O=S(=O)(c1ccc(C(F)(F)F)cc1)c1cccc2oc(N3CCNCC3)nc12. The largest absolute Gasteiger partial charge is 0.423 e. The second-order valence-electron chi connectivity index (χ2n) is 6.36. The minimum absolute atomic E-state index is 0.102. The van der Waals surface area contributed by atoms with Gasteiger partial charge in [-0.05, 0) is 36.4 Å². The monoisotopic (exact) mass is 411 g/mol. The first-order valence-corrected chi connectivity index (χ1v) is 10.0. The predicted octanol–water partition coefficient (Wildman–Crippen LogP) is 3.09. The molecule has 1 saturated heterocycles. The highest BCUT2D eigenvalue weighted by atomic mass is 32.2. The minimum Gasteiger partial charge on any atom is -0.423 e. The molecule has 1 N–H and O–H groups in total. The highest BCUT2D eigenvalue weighted by Gasteiger charge is 2.31. The van der Waals surface area contributed by atoms with Crippen LogP contribution >= 0.6 is 0 Å². The van der Waals surface area contributed by atoms with Crippen molar-refractivity contribution in [2.24, 2.45) is 0 Å². The first-order chi connectivity index (χ1) is 13.3. The number of halogens is 3. The summed E-state index contributed by atoms with van der Waals surface area (Å²) >= 11 is 0. The Hall–Kier alpha value is -2.59. The number of benzene rings is 2. The molecule has 0 bridgehead atoms. The van der Waals surface area contributed by atoms with Crippen LogP contribution in [-0.4, -0.2) is 39.6 Å². The van der Waals surface area contributed by atoms with Crippen molar-refractivity contribution in [3.05, 3.63) is 48.0 Å². The summed E-state index contributed by atoms with van der Waals surface area (Å²) in [5.41, 5.74) is -0.440. The molecule has 2 aromatic carbocycles. The summed E-state index contributed by atoms with van der Waals surface area (Å²) in [7, 11) is -4.07. The Kier molecular flexibility index (Phi) is 4.54. The lowest BCUT2D eigenvalue weighted by Crippen LogP contribution is -2.43. The summed E-state index contributed by atoms with van der Waals surface area (Å²) < 4.78 is 70.0. The highest BCUT2D eigenvalue weighted by molar-refractivity contribution is 7.91. The van der Waals surface area contributed by atoms with E-state index in [0.717, 1.165) is 37.4 Å². The van der Waals surface area contributed by atoms with E-state index in [4.69, 9.17) is 4.42 Å². The van der Waals surface area contributed by atoms with Crippen molar-refractivity contribution in [3.8, 4) is 0 Å². The van der Waals surface area contributed by atoms with Crippen LogP contribution in [-0.2, 0) is 16.0 Å². The van der Waals surface area contributed by atoms with E-state index >= 15 is 0 Å². The van der Waals surface area contributed by atoms with Crippen LogP contribution in [0.3, 0.4) is 0 Å². The quantitative estimate of drug-likeness (QED) is 0.714. The molecule has 1 aromatic heterocycles. The van der Waals surface area contributed by atoms with Gasteiger partial charge in [-0.3, -0.25) is 0 Å². The van der Waals surface area contributed by atoms with Crippen LogP contribution in [0.5, 0.6) is 0 Å². The normalized spacial score (nSPS) is 15.9. The Bertz CT molecular complexity index is 1100. The van der Waals surface area contributed by atoms with Crippen molar-refractivity contribution in [2.45, 2.75) is 16.0 Å². The number of para-hydroxylation sites is 1. The maximum Gasteiger partial charge on any atom is 0.416 e. The van der Waals surface area contributed by atoms with Crippen molar-refractivity contribution in [1.82, 2.24) is 10.3 Å². The molecule has 10 heteroatoms. The van der Waals surface area contributed by atoms with Crippen LogP contribution in [0.1, 0.15) is 5.56 Å². The Morgan fingerprint density at radius 2 is 1.71 bits per heavy atom. The fraction of sp³-hybridized carbons (Fsp3) is 0.278. The van der Waals surface area contributed by atoms with Crippen LogP contribution in [0.15, 0.2) is 56.7 Å². The molecule has 0 atom stereocenters. The molecule has 0 unspecified atom stereocenters. The molecule has 0 spiro atoms. The predicted molar refractivity (Wildman–Crippen MR) is 96.0 cm³/mol. The molecule has 1 fully saturated rings. The van der Waals surface area contributed by atoms with Gasteiger partial charge in [0.25, 0.3) is 6.01 Å². The highest BCUT2D eigenvalue weighted by Crippen LogP contribution is 2.33. The van der Waals surface area contributed by atoms with Crippen molar-refractivity contribution < 1.29 is 26.0 Å². The second kappa shape index (κ2) is 6.78. The first kappa shape index (κ1) is 18.8. The van der Waals surface area contributed by atoms with Crippen LogP contribution in [0.25, 0.3) is 11.1 Å². The van der Waals surface area contributed by atoms with Gasteiger partial charge in [0.05, 0.1) is 10.5 Å². The maximum absolute atomic E-state index is 13.0. The molecule has 0 aliphatic carbocycles. The van der Waals surface area contributed by atoms with Gasteiger partial charge >= 0.3 is 6.18 Å². The summed E-state index contributed by atoms with van der Waals surface area (Å²) in [6.07, 6.45) is -4.54. The number of piperazine rings is 1. The molecule has 4 rings (SSSR count). The first-order valence-electron chi connectivity index (χ1n) is 8.54. The minimum atomic E-state index is -4.54. The van der Waals surface area contributed by atoms with Crippen molar-refractivity contribution in [1.29, 1.82) is 0 Å². The molecular formula is C18H16F3N3O3S. The number of alkyl halides is 3. The number of nitrogens with zero attached hydrogens (tertiary/aromatic N) is 2. The lowest BCUT2D eigenvalue weighted by molar-refractivity contribution is -0.137. The zero-order valence-corrected chi connectivity index (χ0v) is 15.3. The molecule has 2 heterocycles. The Balaban J connectivity index is 1.76. The number of fused-ring (bicyclic) bond motifs is 1. The number of hydrogen-bond acceptors (Lipinski definition) is 6. The van der Waals surface area contributed by atoms with Crippen LogP contribution in [0.2, 0.25) is 0 Å². The fourth-order valence-electron chi connectivity index (χ4n) is 3.07. The zero-order valence-electron chi connectivity index (χ0n) is 14.5. The van der Waals surface area contributed by atoms with E-state index in [0.29, 0.717) is 24.7 Å². The molecule has 0 radical (unpaired) electrons. The molecule has 148 valence electrons. The van der Waals surface area contributed by atoms with Crippen LogP contribution < -0.4 is 10.2 Å². The molecule has 1 aliphatic rings. The number of anilines is 1. The van der Waals surface area contributed by atoms with Gasteiger partial charge in [-0.15, -0.1) is 0 Å².